The van der Waals surface area contributed by atoms with E-state index in [1.54, 1.807) is 28.7 Å². The summed E-state index contributed by atoms with van der Waals surface area (Å²) in [6.45, 7) is 4.39. The third kappa shape index (κ3) is 5.06. The lowest BCUT2D eigenvalue weighted by molar-refractivity contribution is 0.0904. The summed E-state index contributed by atoms with van der Waals surface area (Å²) in [5, 5.41) is 11.5. The van der Waals surface area contributed by atoms with Crippen LogP contribution < -0.4 is 5.69 Å². The molecule has 0 atom stereocenters. The molecule has 0 unspecified atom stereocenters. The summed E-state index contributed by atoms with van der Waals surface area (Å²) in [5.41, 5.74) is 4.58. The fraction of sp³-hybridized carbons (Fsp3) is 0.346. The predicted octanol–water partition coefficient (Wildman–Crippen LogP) is 4.51. The summed E-state index contributed by atoms with van der Waals surface area (Å²) in [5.74, 6) is -0.173. The number of nitrogens with zero attached hydrogens (tertiary/aromatic N) is 6. The average molecular weight is 459 g/mol. The third-order valence-corrected chi connectivity index (χ3v) is 6.02. The molecule has 0 aliphatic carbocycles. The largest absolute Gasteiger partial charge is 0.335 e. The SMILES string of the molecule is CCCCCCc1cn(C(=O)CC)c(=O)n1Cc1ccc(-c2ccccc2-n2cnnn2)cc1. The minimum Gasteiger partial charge on any atom is -0.292 e. The van der Waals surface area contributed by atoms with Crippen molar-refractivity contribution in [2.75, 3.05) is 0 Å². The van der Waals surface area contributed by atoms with Gasteiger partial charge in [-0.3, -0.25) is 9.36 Å². The molecule has 0 fully saturated rings. The van der Waals surface area contributed by atoms with Gasteiger partial charge in [0.15, 0.2) is 0 Å². The van der Waals surface area contributed by atoms with Gasteiger partial charge in [0, 0.05) is 23.9 Å². The zero-order chi connectivity index (χ0) is 23.9. The van der Waals surface area contributed by atoms with Crippen molar-refractivity contribution in [2.24, 2.45) is 0 Å². The number of para-hydroxylation sites is 1. The number of benzene rings is 2. The van der Waals surface area contributed by atoms with Gasteiger partial charge in [-0.1, -0.05) is 75.6 Å². The van der Waals surface area contributed by atoms with Crippen molar-refractivity contribution in [3.05, 3.63) is 82.8 Å². The second-order valence-corrected chi connectivity index (χ2v) is 8.39. The number of aromatic nitrogens is 6. The summed E-state index contributed by atoms with van der Waals surface area (Å²) in [6, 6.07) is 16.1. The monoisotopic (exact) mass is 458 g/mol. The number of hydrogen-bond acceptors (Lipinski definition) is 5. The number of unbranched alkanes of at least 4 members (excludes halogenated alkanes) is 3. The fourth-order valence-electron chi connectivity index (χ4n) is 4.14. The maximum absolute atomic E-state index is 13.0. The van der Waals surface area contributed by atoms with E-state index in [0.29, 0.717) is 13.0 Å². The maximum atomic E-state index is 13.0. The van der Waals surface area contributed by atoms with Crippen LogP contribution in [-0.2, 0) is 13.0 Å². The molecule has 2 aromatic carbocycles. The van der Waals surface area contributed by atoms with Crippen molar-refractivity contribution in [1.82, 2.24) is 29.3 Å². The molecular formula is C26H30N6O2. The molecule has 0 aliphatic heterocycles. The van der Waals surface area contributed by atoms with Gasteiger partial charge in [-0.2, -0.15) is 4.68 Å². The molecule has 2 aromatic heterocycles. The fourth-order valence-corrected chi connectivity index (χ4v) is 4.14. The van der Waals surface area contributed by atoms with E-state index in [0.717, 1.165) is 53.8 Å². The highest BCUT2D eigenvalue weighted by Gasteiger charge is 2.16. The predicted molar refractivity (Wildman–Crippen MR) is 131 cm³/mol. The first kappa shape index (κ1) is 23.4. The molecule has 0 N–H and O–H groups in total. The van der Waals surface area contributed by atoms with Crippen molar-refractivity contribution in [3.63, 3.8) is 0 Å². The number of aryl methyl sites for hydroxylation is 1. The van der Waals surface area contributed by atoms with Crippen LogP contribution in [0.2, 0.25) is 0 Å². The van der Waals surface area contributed by atoms with Crippen molar-refractivity contribution < 1.29 is 4.79 Å². The van der Waals surface area contributed by atoms with E-state index in [-0.39, 0.29) is 11.6 Å². The second-order valence-electron chi connectivity index (χ2n) is 8.39. The zero-order valence-electron chi connectivity index (χ0n) is 19.7. The molecule has 0 amide bonds. The molecule has 0 radical (unpaired) electrons. The van der Waals surface area contributed by atoms with E-state index >= 15 is 0 Å². The Bertz CT molecular complexity index is 1290. The molecular weight excluding hydrogens is 428 g/mol. The first-order valence-corrected chi connectivity index (χ1v) is 11.9. The number of rotatable bonds is 10. The molecule has 2 heterocycles. The van der Waals surface area contributed by atoms with Crippen LogP contribution in [0.5, 0.6) is 0 Å². The van der Waals surface area contributed by atoms with Gasteiger partial charge in [-0.05, 0) is 40.5 Å². The lowest BCUT2D eigenvalue weighted by Crippen LogP contribution is -2.29. The van der Waals surface area contributed by atoms with Crippen molar-refractivity contribution in [1.29, 1.82) is 0 Å². The Morgan fingerprint density at radius 3 is 2.47 bits per heavy atom. The molecule has 0 saturated heterocycles. The summed E-state index contributed by atoms with van der Waals surface area (Å²) in [7, 11) is 0. The summed E-state index contributed by atoms with van der Waals surface area (Å²) < 4.78 is 4.65. The van der Waals surface area contributed by atoms with Crippen LogP contribution in [-0.4, -0.2) is 35.2 Å². The van der Waals surface area contributed by atoms with E-state index < -0.39 is 0 Å². The molecule has 4 rings (SSSR count). The zero-order valence-corrected chi connectivity index (χ0v) is 19.7. The Hall–Kier alpha value is -3.81. The Balaban J connectivity index is 1.60. The number of tetrazole rings is 1. The van der Waals surface area contributed by atoms with E-state index in [2.05, 4.69) is 22.4 Å². The molecule has 8 nitrogen and oxygen atoms in total. The molecule has 0 saturated carbocycles. The number of carbonyl (C=O) groups excluding carboxylic acids is 1. The van der Waals surface area contributed by atoms with Crippen LogP contribution in [0.25, 0.3) is 16.8 Å². The van der Waals surface area contributed by atoms with Crippen molar-refractivity contribution in [3.8, 4) is 16.8 Å². The first-order chi connectivity index (χ1) is 16.6. The van der Waals surface area contributed by atoms with Gasteiger partial charge in [0.1, 0.15) is 6.33 Å². The van der Waals surface area contributed by atoms with Gasteiger partial charge < -0.3 is 0 Å². The van der Waals surface area contributed by atoms with E-state index in [1.165, 1.54) is 11.0 Å². The quantitative estimate of drug-likeness (QED) is 0.326. The lowest BCUT2D eigenvalue weighted by atomic mass is 10.0. The smallest absolute Gasteiger partial charge is 0.292 e. The standard InChI is InChI=1S/C26H30N6O2/c1-3-5-6-7-10-22-18-31(25(33)4-2)26(34)30(22)17-20-13-15-21(16-14-20)23-11-8-9-12-24(23)32-19-27-28-29-32/h8-9,11-16,18-19H,3-7,10,17H2,1-2H3. The number of carbonyl (C=O) groups is 1. The molecule has 0 bridgehead atoms. The average Bonchev–Trinajstić information content (AvgIpc) is 3.51. The highest BCUT2D eigenvalue weighted by molar-refractivity contribution is 5.78. The van der Waals surface area contributed by atoms with Gasteiger partial charge >= 0.3 is 5.69 Å². The van der Waals surface area contributed by atoms with Crippen molar-refractivity contribution in [2.45, 2.75) is 58.9 Å². The minimum atomic E-state index is -0.259. The molecule has 34 heavy (non-hydrogen) atoms. The minimum absolute atomic E-state index is 0.173. The van der Waals surface area contributed by atoms with Crippen LogP contribution in [0.4, 0.5) is 0 Å². The van der Waals surface area contributed by atoms with Crippen LogP contribution in [0.15, 0.2) is 65.8 Å². The van der Waals surface area contributed by atoms with Crippen molar-refractivity contribution >= 4 is 5.91 Å². The van der Waals surface area contributed by atoms with Crippen LogP contribution in [0.1, 0.15) is 62.0 Å². The number of hydrogen-bond donors (Lipinski definition) is 0. The van der Waals surface area contributed by atoms with Gasteiger partial charge in [0.25, 0.3) is 0 Å². The summed E-state index contributed by atoms with van der Waals surface area (Å²) in [6.07, 6.45) is 8.85. The Kier molecular flexibility index (Phi) is 7.47. The van der Waals surface area contributed by atoms with Gasteiger partial charge in [-0.25, -0.2) is 9.36 Å². The maximum Gasteiger partial charge on any atom is 0.335 e. The molecule has 0 spiro atoms. The molecule has 8 heteroatoms. The van der Waals surface area contributed by atoms with E-state index in [4.69, 9.17) is 0 Å². The topological polar surface area (TPSA) is 87.6 Å². The van der Waals surface area contributed by atoms with Crippen LogP contribution >= 0.6 is 0 Å². The highest BCUT2D eigenvalue weighted by Crippen LogP contribution is 2.26. The molecule has 0 aliphatic rings. The van der Waals surface area contributed by atoms with E-state index in [1.807, 2.05) is 48.5 Å². The van der Waals surface area contributed by atoms with Gasteiger partial charge in [0.2, 0.25) is 5.91 Å². The van der Waals surface area contributed by atoms with Gasteiger partial charge in [0.05, 0.1) is 12.2 Å². The normalized spacial score (nSPS) is 11.1. The van der Waals surface area contributed by atoms with Gasteiger partial charge in [-0.15, -0.1) is 5.10 Å². The Morgan fingerprint density at radius 1 is 0.971 bits per heavy atom. The van der Waals surface area contributed by atoms with E-state index in [9.17, 15) is 9.59 Å². The van der Waals surface area contributed by atoms with Crippen LogP contribution in [0.3, 0.4) is 0 Å². The first-order valence-electron chi connectivity index (χ1n) is 11.9. The summed E-state index contributed by atoms with van der Waals surface area (Å²) in [4.78, 5) is 25.3. The number of imidazole rings is 1. The second kappa shape index (κ2) is 10.9. The third-order valence-electron chi connectivity index (χ3n) is 6.02. The Morgan fingerprint density at radius 2 is 1.76 bits per heavy atom. The van der Waals surface area contributed by atoms with Crippen LogP contribution in [0, 0.1) is 0 Å². The summed E-state index contributed by atoms with van der Waals surface area (Å²) >= 11 is 0. The lowest BCUT2D eigenvalue weighted by Gasteiger charge is -2.11. The Labute approximate surface area is 198 Å². The molecule has 4 aromatic rings. The highest BCUT2D eigenvalue weighted by atomic mass is 16.2. The molecule has 176 valence electrons.